The highest BCUT2D eigenvalue weighted by Crippen LogP contribution is 2.56. The summed E-state index contributed by atoms with van der Waals surface area (Å²) in [7, 11) is 0.781. The van der Waals surface area contributed by atoms with Crippen molar-refractivity contribution in [2.24, 2.45) is 7.05 Å². The van der Waals surface area contributed by atoms with Crippen molar-refractivity contribution in [1.29, 1.82) is 0 Å². The minimum absolute atomic E-state index is 0.236. The molecule has 176 valence electrons. The number of aryl methyl sites for hydroxylation is 1. The fourth-order valence-electron chi connectivity index (χ4n) is 6.57. The molecule has 0 N–H and O–H groups in total. The van der Waals surface area contributed by atoms with E-state index in [2.05, 4.69) is 119 Å². The SMILES string of the molecule is [2H]C1=C(c2ccc([Si](C)(C)C)cc2)C2(C)Cc3c(cc4ccccc4c3C(C)C)-c3c2c1cc[n+]3C. The van der Waals surface area contributed by atoms with E-state index < -0.39 is 8.07 Å². The molecule has 1 aromatic heterocycles. The van der Waals surface area contributed by atoms with Gasteiger partial charge in [0.15, 0.2) is 6.20 Å². The number of hydrogen-bond acceptors (Lipinski definition) is 0. The molecule has 2 heteroatoms. The Kier molecular flexibility index (Phi) is 4.58. The van der Waals surface area contributed by atoms with Crippen LogP contribution in [0, 0.1) is 0 Å². The largest absolute Gasteiger partial charge is 0.217 e. The van der Waals surface area contributed by atoms with Crippen molar-refractivity contribution < 1.29 is 5.94 Å². The van der Waals surface area contributed by atoms with Gasteiger partial charge in [-0.25, -0.2) is 4.57 Å². The van der Waals surface area contributed by atoms with Gasteiger partial charge in [-0.05, 0) is 63.1 Å². The quantitative estimate of drug-likeness (QED) is 0.215. The average Bonchev–Trinajstić information content (AvgIpc) is 3.04. The first kappa shape index (κ1) is 21.3. The molecule has 35 heavy (non-hydrogen) atoms. The monoisotopic (exact) mass is 475 g/mol. The zero-order chi connectivity index (χ0) is 25.6. The summed E-state index contributed by atoms with van der Waals surface area (Å²) in [6, 6.07) is 23.3. The number of fused-ring (bicyclic) bond motifs is 3. The van der Waals surface area contributed by atoms with Gasteiger partial charge < -0.3 is 0 Å². The number of nitrogens with zero attached hydrogens (tertiary/aromatic N) is 1. The fourth-order valence-corrected chi connectivity index (χ4v) is 7.74. The molecule has 2 aliphatic carbocycles. The molecule has 2 aliphatic rings. The van der Waals surface area contributed by atoms with Crippen LogP contribution >= 0.6 is 0 Å². The van der Waals surface area contributed by atoms with Crippen LogP contribution in [0.3, 0.4) is 0 Å². The Morgan fingerprint density at radius 3 is 2.40 bits per heavy atom. The van der Waals surface area contributed by atoms with Crippen LogP contribution in [-0.4, -0.2) is 8.07 Å². The van der Waals surface area contributed by atoms with Crippen LogP contribution in [0.4, 0.5) is 0 Å². The second kappa shape index (κ2) is 7.51. The van der Waals surface area contributed by atoms with Gasteiger partial charge in [0, 0.05) is 17.0 Å². The molecule has 0 spiro atoms. The molecule has 0 aliphatic heterocycles. The van der Waals surface area contributed by atoms with E-state index in [9.17, 15) is 1.37 Å². The Balaban J connectivity index is 1.65. The molecule has 6 rings (SSSR count). The minimum Gasteiger partial charge on any atom is -0.201 e. The molecule has 1 unspecified atom stereocenters. The topological polar surface area (TPSA) is 3.88 Å². The van der Waals surface area contributed by atoms with E-state index in [4.69, 9.17) is 0 Å². The van der Waals surface area contributed by atoms with Crippen molar-refractivity contribution in [2.75, 3.05) is 0 Å². The molecule has 1 heterocycles. The molecule has 4 aromatic rings. The molecule has 0 fully saturated rings. The summed E-state index contributed by atoms with van der Waals surface area (Å²) in [6.45, 7) is 14.2. The van der Waals surface area contributed by atoms with Crippen LogP contribution in [0.1, 0.15) is 55.9 Å². The van der Waals surface area contributed by atoms with Gasteiger partial charge in [-0.2, -0.15) is 0 Å². The van der Waals surface area contributed by atoms with E-state index in [0.717, 1.165) is 12.0 Å². The highest BCUT2D eigenvalue weighted by molar-refractivity contribution is 6.88. The van der Waals surface area contributed by atoms with Crippen LogP contribution in [0.15, 0.2) is 66.9 Å². The molecule has 0 saturated carbocycles. The van der Waals surface area contributed by atoms with E-state index in [1.165, 1.54) is 55.0 Å². The third kappa shape index (κ3) is 3.23. The molecule has 0 radical (unpaired) electrons. The zero-order valence-corrected chi connectivity index (χ0v) is 23.1. The molecule has 3 aromatic carbocycles. The van der Waals surface area contributed by atoms with Gasteiger partial charge in [0.05, 0.1) is 15.0 Å². The lowest BCUT2D eigenvalue weighted by Gasteiger charge is -2.37. The van der Waals surface area contributed by atoms with Crippen molar-refractivity contribution in [1.82, 2.24) is 0 Å². The number of pyridine rings is 1. The second-order valence-electron chi connectivity index (χ2n) is 12.1. The summed E-state index contributed by atoms with van der Waals surface area (Å²) in [5.74, 6) is 0.420. The lowest BCUT2D eigenvalue weighted by atomic mass is 9.65. The number of benzene rings is 3. The number of aromatic nitrogens is 1. The third-order valence-corrected chi connectivity index (χ3v) is 10.4. The maximum absolute atomic E-state index is 9.41. The predicted molar refractivity (Wildman–Crippen MR) is 153 cm³/mol. The first-order valence-corrected chi connectivity index (χ1v) is 16.4. The molecule has 0 amide bonds. The summed E-state index contributed by atoms with van der Waals surface area (Å²) in [5.41, 5.74) is 10.1. The standard InChI is InChI=1S/C33H36NSi/c1-21(2)30-26-11-9-8-10-23(26)18-27-28(30)20-33(3)29(19-24-16-17-34(4)32(27)31(24)33)22-12-14-25(15-13-22)35(5,6)7/h8-19,21H,20H2,1-7H3/q+1/i19D. The summed E-state index contributed by atoms with van der Waals surface area (Å²) >= 11 is 0. The Bertz CT molecular complexity index is 1590. The Morgan fingerprint density at radius 2 is 1.71 bits per heavy atom. The number of allylic oxidation sites excluding steroid dienone is 1. The summed E-state index contributed by atoms with van der Waals surface area (Å²) < 4.78 is 11.7. The summed E-state index contributed by atoms with van der Waals surface area (Å²) in [4.78, 5) is 0. The second-order valence-corrected chi connectivity index (χ2v) is 17.2. The van der Waals surface area contributed by atoms with Crippen molar-refractivity contribution in [3.05, 3.63) is 94.7 Å². The molecule has 0 bridgehead atoms. The Hall–Kier alpha value is -2.97. The summed E-state index contributed by atoms with van der Waals surface area (Å²) in [6.07, 6.45) is 3.08. The maximum atomic E-state index is 9.41. The van der Waals surface area contributed by atoms with Gasteiger partial charge in [0.25, 0.3) is 0 Å². The molecular formula is C33H36NSi+. The fraction of sp³-hybridized carbons (Fsp3) is 0.303. The molecule has 0 saturated heterocycles. The summed E-state index contributed by atoms with van der Waals surface area (Å²) in [5, 5.41) is 4.14. The van der Waals surface area contributed by atoms with Gasteiger partial charge in [0.1, 0.15) is 7.05 Å². The van der Waals surface area contributed by atoms with Gasteiger partial charge >= 0.3 is 0 Å². The molecule has 1 nitrogen and oxygen atoms in total. The zero-order valence-electron chi connectivity index (χ0n) is 23.1. The maximum Gasteiger partial charge on any atom is 0.217 e. The van der Waals surface area contributed by atoms with Crippen LogP contribution in [0.5, 0.6) is 0 Å². The third-order valence-electron chi connectivity index (χ3n) is 8.29. The van der Waals surface area contributed by atoms with E-state index in [-0.39, 0.29) is 5.41 Å². The Morgan fingerprint density at radius 1 is 1.00 bits per heavy atom. The van der Waals surface area contributed by atoms with E-state index >= 15 is 0 Å². The molecule has 1 atom stereocenters. The predicted octanol–water partition coefficient (Wildman–Crippen LogP) is 7.37. The van der Waals surface area contributed by atoms with Gasteiger partial charge in [-0.1, -0.05) is 94.1 Å². The van der Waals surface area contributed by atoms with Crippen molar-refractivity contribution >= 4 is 35.7 Å². The average molecular weight is 476 g/mol. The van der Waals surface area contributed by atoms with Crippen molar-refractivity contribution in [3.63, 3.8) is 0 Å². The van der Waals surface area contributed by atoms with Crippen LogP contribution in [0.2, 0.25) is 19.6 Å². The van der Waals surface area contributed by atoms with Crippen LogP contribution in [-0.2, 0) is 18.9 Å². The van der Waals surface area contributed by atoms with Crippen molar-refractivity contribution in [2.45, 2.75) is 58.2 Å². The van der Waals surface area contributed by atoms with E-state index in [1.807, 2.05) is 0 Å². The molecular weight excluding hydrogens is 438 g/mol. The van der Waals surface area contributed by atoms with Crippen molar-refractivity contribution in [3.8, 4) is 11.3 Å². The highest BCUT2D eigenvalue weighted by atomic mass is 28.3. The van der Waals surface area contributed by atoms with E-state index in [1.54, 1.807) is 0 Å². The van der Waals surface area contributed by atoms with Crippen LogP contribution < -0.4 is 9.75 Å². The van der Waals surface area contributed by atoms with Gasteiger partial charge in [0.2, 0.25) is 5.69 Å². The smallest absolute Gasteiger partial charge is 0.201 e. The first-order chi connectivity index (χ1) is 17.0. The normalized spacial score (nSPS) is 19.3. The van der Waals surface area contributed by atoms with E-state index in [0.29, 0.717) is 12.0 Å². The van der Waals surface area contributed by atoms with Gasteiger partial charge in [-0.15, -0.1) is 0 Å². The number of hydrogen-bond donors (Lipinski definition) is 0. The Labute approximate surface area is 212 Å². The van der Waals surface area contributed by atoms with Gasteiger partial charge in [-0.3, -0.25) is 0 Å². The van der Waals surface area contributed by atoms with Crippen LogP contribution in [0.25, 0.3) is 33.7 Å². The lowest BCUT2D eigenvalue weighted by Crippen LogP contribution is -2.40. The first-order valence-electron chi connectivity index (χ1n) is 13.4. The number of rotatable bonds is 3. The lowest BCUT2D eigenvalue weighted by molar-refractivity contribution is -0.661. The highest BCUT2D eigenvalue weighted by Gasteiger charge is 2.48. The minimum atomic E-state index is -1.39.